The first-order chi connectivity index (χ1) is 11.0. The minimum atomic E-state index is -0.154. The molecule has 2 aromatic carbocycles. The molecule has 0 heterocycles. The predicted octanol–water partition coefficient (Wildman–Crippen LogP) is 3.58. The molecule has 120 valence electrons. The number of carbonyl (C=O) groups excluding carboxylic acids is 2. The Morgan fingerprint density at radius 1 is 1.13 bits per heavy atom. The van der Waals surface area contributed by atoms with Crippen LogP contribution < -0.4 is 4.74 Å². The van der Waals surface area contributed by atoms with Gasteiger partial charge < -0.3 is 9.64 Å². The van der Waals surface area contributed by atoms with E-state index in [2.05, 4.69) is 0 Å². The van der Waals surface area contributed by atoms with Crippen molar-refractivity contribution in [1.29, 1.82) is 0 Å². The molecule has 2 aromatic rings. The number of halogens is 1. The zero-order valence-corrected chi connectivity index (χ0v) is 13.8. The monoisotopic (exact) mass is 331 g/mol. The van der Waals surface area contributed by atoms with Crippen molar-refractivity contribution < 1.29 is 14.3 Å². The number of rotatable bonds is 6. The van der Waals surface area contributed by atoms with Gasteiger partial charge in [0.2, 0.25) is 0 Å². The number of carbonyl (C=O) groups is 2. The second kappa shape index (κ2) is 7.79. The Morgan fingerprint density at radius 2 is 1.87 bits per heavy atom. The van der Waals surface area contributed by atoms with Gasteiger partial charge in [0.25, 0.3) is 5.91 Å². The maximum Gasteiger partial charge on any atom is 0.260 e. The Labute approximate surface area is 140 Å². The van der Waals surface area contributed by atoms with Gasteiger partial charge in [0.1, 0.15) is 5.75 Å². The molecule has 0 spiro atoms. The SMILES string of the molecule is CC(=O)c1cccc(OCC(=O)N(C)Cc2cccc(Cl)c2)c1. The highest BCUT2D eigenvalue weighted by Gasteiger charge is 2.11. The number of nitrogens with zero attached hydrogens (tertiary/aromatic N) is 1. The van der Waals surface area contributed by atoms with Gasteiger partial charge in [0.15, 0.2) is 12.4 Å². The second-order valence-corrected chi connectivity index (χ2v) is 5.69. The van der Waals surface area contributed by atoms with Gasteiger partial charge in [0.05, 0.1) is 0 Å². The van der Waals surface area contributed by atoms with Crippen molar-refractivity contribution in [2.75, 3.05) is 13.7 Å². The molecule has 0 N–H and O–H groups in total. The van der Waals surface area contributed by atoms with Crippen molar-refractivity contribution in [1.82, 2.24) is 4.90 Å². The highest BCUT2D eigenvalue weighted by molar-refractivity contribution is 6.30. The van der Waals surface area contributed by atoms with E-state index in [0.717, 1.165) is 5.56 Å². The topological polar surface area (TPSA) is 46.6 Å². The molecule has 0 aliphatic carbocycles. The number of amides is 1. The number of ether oxygens (including phenoxy) is 1. The lowest BCUT2D eigenvalue weighted by molar-refractivity contribution is -0.132. The summed E-state index contributed by atoms with van der Waals surface area (Å²) in [6.45, 7) is 1.86. The molecule has 0 aliphatic heterocycles. The third kappa shape index (κ3) is 5.11. The van der Waals surface area contributed by atoms with E-state index >= 15 is 0 Å². The first kappa shape index (κ1) is 17.0. The summed E-state index contributed by atoms with van der Waals surface area (Å²) in [5.41, 5.74) is 1.51. The average molecular weight is 332 g/mol. The molecule has 0 aromatic heterocycles. The van der Waals surface area contributed by atoms with E-state index in [1.54, 1.807) is 42.3 Å². The number of hydrogen-bond donors (Lipinski definition) is 0. The smallest absolute Gasteiger partial charge is 0.260 e. The fourth-order valence-corrected chi connectivity index (χ4v) is 2.27. The molecule has 2 rings (SSSR count). The Hall–Kier alpha value is -2.33. The molecule has 23 heavy (non-hydrogen) atoms. The highest BCUT2D eigenvalue weighted by atomic mass is 35.5. The van der Waals surface area contributed by atoms with Crippen LogP contribution in [-0.2, 0) is 11.3 Å². The first-order valence-corrected chi connectivity index (χ1v) is 7.55. The van der Waals surface area contributed by atoms with Crippen LogP contribution in [-0.4, -0.2) is 30.2 Å². The van der Waals surface area contributed by atoms with Gasteiger partial charge in [-0.2, -0.15) is 0 Å². The van der Waals surface area contributed by atoms with Crippen molar-refractivity contribution in [3.63, 3.8) is 0 Å². The van der Waals surface area contributed by atoms with Gasteiger partial charge in [-0.05, 0) is 36.8 Å². The minimum Gasteiger partial charge on any atom is -0.484 e. The third-order valence-electron chi connectivity index (χ3n) is 3.34. The zero-order chi connectivity index (χ0) is 16.8. The summed E-state index contributed by atoms with van der Waals surface area (Å²) >= 11 is 5.93. The van der Waals surface area contributed by atoms with Gasteiger partial charge in [-0.15, -0.1) is 0 Å². The van der Waals surface area contributed by atoms with Gasteiger partial charge >= 0.3 is 0 Å². The number of likely N-dealkylation sites (N-methyl/N-ethyl adjacent to an activating group) is 1. The summed E-state index contributed by atoms with van der Waals surface area (Å²) in [4.78, 5) is 25.0. The normalized spacial score (nSPS) is 10.2. The number of hydrogen-bond acceptors (Lipinski definition) is 3. The van der Waals surface area contributed by atoms with E-state index in [4.69, 9.17) is 16.3 Å². The number of Topliss-reactive ketones (excluding diaryl/α,β-unsaturated/α-hetero) is 1. The maximum atomic E-state index is 12.1. The van der Waals surface area contributed by atoms with E-state index in [9.17, 15) is 9.59 Å². The number of ketones is 1. The summed E-state index contributed by atoms with van der Waals surface area (Å²) in [5.74, 6) is 0.306. The fraction of sp³-hybridized carbons (Fsp3) is 0.222. The summed E-state index contributed by atoms with van der Waals surface area (Å²) in [6.07, 6.45) is 0. The van der Waals surface area contributed by atoms with E-state index < -0.39 is 0 Å². The van der Waals surface area contributed by atoms with Crippen LogP contribution in [0, 0.1) is 0 Å². The lowest BCUT2D eigenvalue weighted by Crippen LogP contribution is -2.30. The van der Waals surface area contributed by atoms with Gasteiger partial charge in [0, 0.05) is 24.2 Å². The fourth-order valence-electron chi connectivity index (χ4n) is 2.06. The zero-order valence-electron chi connectivity index (χ0n) is 13.1. The molecule has 0 aliphatic rings. The van der Waals surface area contributed by atoms with Crippen molar-refractivity contribution >= 4 is 23.3 Å². The quantitative estimate of drug-likeness (QED) is 0.760. The van der Waals surface area contributed by atoms with Gasteiger partial charge in [-0.1, -0.05) is 35.9 Å². The van der Waals surface area contributed by atoms with Crippen LogP contribution in [0.4, 0.5) is 0 Å². The molecule has 5 heteroatoms. The van der Waals surface area contributed by atoms with Crippen molar-refractivity contribution in [2.24, 2.45) is 0 Å². The Balaban J connectivity index is 1.91. The molecule has 0 atom stereocenters. The molecule has 0 bridgehead atoms. The van der Waals surface area contributed by atoms with Crippen LogP contribution >= 0.6 is 11.6 Å². The van der Waals surface area contributed by atoms with E-state index in [-0.39, 0.29) is 18.3 Å². The average Bonchev–Trinajstić information content (AvgIpc) is 2.52. The summed E-state index contributed by atoms with van der Waals surface area (Å²) < 4.78 is 5.47. The lowest BCUT2D eigenvalue weighted by Gasteiger charge is -2.18. The molecule has 0 radical (unpaired) electrons. The summed E-state index contributed by atoms with van der Waals surface area (Å²) in [7, 11) is 1.71. The van der Waals surface area contributed by atoms with Crippen LogP contribution in [0.3, 0.4) is 0 Å². The highest BCUT2D eigenvalue weighted by Crippen LogP contribution is 2.15. The maximum absolute atomic E-state index is 12.1. The first-order valence-electron chi connectivity index (χ1n) is 7.18. The van der Waals surface area contributed by atoms with Crippen LogP contribution in [0.2, 0.25) is 5.02 Å². The van der Waals surface area contributed by atoms with Crippen LogP contribution in [0.15, 0.2) is 48.5 Å². The van der Waals surface area contributed by atoms with E-state index in [0.29, 0.717) is 22.9 Å². The van der Waals surface area contributed by atoms with Crippen LogP contribution in [0.1, 0.15) is 22.8 Å². The third-order valence-corrected chi connectivity index (χ3v) is 3.57. The van der Waals surface area contributed by atoms with Gasteiger partial charge in [-0.25, -0.2) is 0 Å². The molecule has 4 nitrogen and oxygen atoms in total. The second-order valence-electron chi connectivity index (χ2n) is 5.25. The lowest BCUT2D eigenvalue weighted by atomic mass is 10.1. The van der Waals surface area contributed by atoms with Crippen molar-refractivity contribution in [3.05, 3.63) is 64.7 Å². The van der Waals surface area contributed by atoms with Crippen LogP contribution in [0.25, 0.3) is 0 Å². The molecule has 0 fully saturated rings. The Kier molecular flexibility index (Phi) is 5.77. The number of benzene rings is 2. The Morgan fingerprint density at radius 3 is 2.57 bits per heavy atom. The molecular weight excluding hydrogens is 314 g/mol. The molecular formula is C18H18ClNO3. The predicted molar refractivity (Wildman–Crippen MR) is 89.9 cm³/mol. The summed E-state index contributed by atoms with van der Waals surface area (Å²) in [6, 6.07) is 14.2. The van der Waals surface area contributed by atoms with E-state index in [1.807, 2.05) is 18.2 Å². The largest absolute Gasteiger partial charge is 0.484 e. The molecule has 0 unspecified atom stereocenters. The van der Waals surface area contributed by atoms with Crippen LogP contribution in [0.5, 0.6) is 5.75 Å². The summed E-state index contributed by atoms with van der Waals surface area (Å²) in [5, 5.41) is 0.639. The molecule has 0 saturated carbocycles. The molecule has 0 saturated heterocycles. The minimum absolute atomic E-state index is 0.0418. The van der Waals surface area contributed by atoms with Gasteiger partial charge in [-0.3, -0.25) is 9.59 Å². The molecule has 1 amide bonds. The van der Waals surface area contributed by atoms with Crippen molar-refractivity contribution in [3.8, 4) is 5.75 Å². The van der Waals surface area contributed by atoms with Crippen molar-refractivity contribution in [2.45, 2.75) is 13.5 Å². The Bertz CT molecular complexity index is 715. The standard InChI is InChI=1S/C18H18ClNO3/c1-13(21)15-6-4-8-17(10-15)23-12-18(22)20(2)11-14-5-3-7-16(19)9-14/h3-10H,11-12H2,1-2H3. The van der Waals surface area contributed by atoms with E-state index in [1.165, 1.54) is 6.92 Å².